The van der Waals surface area contributed by atoms with E-state index in [4.69, 9.17) is 0 Å². The average molecular weight is 432 g/mol. The lowest BCUT2D eigenvalue weighted by Gasteiger charge is -2.22. The molecule has 32 heavy (non-hydrogen) atoms. The Morgan fingerprint density at radius 3 is 2.34 bits per heavy atom. The van der Waals surface area contributed by atoms with E-state index in [-0.39, 0.29) is 18.0 Å². The van der Waals surface area contributed by atoms with Crippen LogP contribution in [-0.4, -0.2) is 39.2 Å². The fourth-order valence-electron chi connectivity index (χ4n) is 3.87. The summed E-state index contributed by atoms with van der Waals surface area (Å²) in [5, 5.41) is 9.32. The Labute approximate surface area is 184 Å². The minimum absolute atomic E-state index is 0.0169. The van der Waals surface area contributed by atoms with Crippen molar-refractivity contribution in [2.24, 2.45) is 0 Å². The molecule has 0 saturated carbocycles. The zero-order chi connectivity index (χ0) is 22.7. The predicted molar refractivity (Wildman–Crippen MR) is 115 cm³/mol. The van der Waals surface area contributed by atoms with Gasteiger partial charge in [-0.05, 0) is 34.9 Å². The van der Waals surface area contributed by atoms with Crippen LogP contribution < -0.4 is 0 Å². The molecule has 162 valence electrons. The molecule has 2 amide bonds. The minimum Gasteiger partial charge on any atom is -0.480 e. The Morgan fingerprint density at radius 1 is 0.938 bits per heavy atom. The molecule has 3 aromatic rings. The summed E-state index contributed by atoms with van der Waals surface area (Å²) in [5.41, 5.74) is 2.78. The smallest absolute Gasteiger partial charge is 0.323 e. The molecule has 0 aromatic heterocycles. The number of amides is 2. The average Bonchev–Trinajstić information content (AvgIpc) is 3.10. The summed E-state index contributed by atoms with van der Waals surface area (Å²) in [4.78, 5) is 40.7. The monoisotopic (exact) mass is 432 g/mol. The van der Waals surface area contributed by atoms with Gasteiger partial charge in [0.05, 0.1) is 11.1 Å². The molecule has 1 heterocycles. The van der Waals surface area contributed by atoms with Crippen molar-refractivity contribution in [3.63, 3.8) is 0 Å². The third-order valence-corrected chi connectivity index (χ3v) is 5.36. The first-order valence-electron chi connectivity index (χ1n) is 10.1. The lowest BCUT2D eigenvalue weighted by molar-refractivity contribution is -0.137. The second kappa shape index (κ2) is 9.01. The van der Waals surface area contributed by atoms with Gasteiger partial charge in [0.1, 0.15) is 12.4 Å². The topological polar surface area (TPSA) is 77.9 Å². The van der Waals surface area contributed by atoms with Gasteiger partial charge in [-0.1, -0.05) is 54.6 Å². The normalized spacial score (nSPS) is 12.5. The molecule has 0 fully saturated rings. The van der Waals surface area contributed by atoms with Gasteiger partial charge >= 0.3 is 5.97 Å². The molecular formula is C25H21FN2O4. The summed E-state index contributed by atoms with van der Waals surface area (Å²) in [6, 6.07) is 20.1. The molecule has 4 rings (SSSR count). The largest absolute Gasteiger partial charge is 0.480 e. The molecule has 0 radical (unpaired) electrons. The highest BCUT2D eigenvalue weighted by Gasteiger charge is 2.33. The highest BCUT2D eigenvalue weighted by atomic mass is 19.1. The van der Waals surface area contributed by atoms with E-state index in [1.54, 1.807) is 23.1 Å². The number of carboxylic acids is 1. The number of halogens is 1. The molecule has 0 aliphatic carbocycles. The molecule has 1 N–H and O–H groups in total. The second-order valence-electron chi connectivity index (χ2n) is 7.67. The molecule has 0 saturated heterocycles. The van der Waals surface area contributed by atoms with Crippen LogP contribution in [0, 0.1) is 5.82 Å². The minimum atomic E-state index is -1.18. The maximum absolute atomic E-state index is 13.3. The van der Waals surface area contributed by atoms with Gasteiger partial charge in [0, 0.05) is 19.6 Å². The van der Waals surface area contributed by atoms with E-state index in [0.717, 1.165) is 16.0 Å². The van der Waals surface area contributed by atoms with E-state index in [0.29, 0.717) is 24.2 Å². The van der Waals surface area contributed by atoms with Crippen LogP contribution in [0.2, 0.25) is 0 Å². The fraction of sp³-hybridized carbons (Fsp3) is 0.160. The third kappa shape index (κ3) is 4.51. The maximum atomic E-state index is 13.3. The van der Waals surface area contributed by atoms with E-state index >= 15 is 0 Å². The Balaban J connectivity index is 1.61. The SMILES string of the molecule is O=C(O)CN(Cc1ccc(F)cc1)C(=O)c1cccc2c1C(=O)N(Cc1ccccc1)C2. The molecule has 1 aliphatic rings. The lowest BCUT2D eigenvalue weighted by Crippen LogP contribution is -2.36. The van der Waals surface area contributed by atoms with Crippen LogP contribution in [0.5, 0.6) is 0 Å². The molecule has 6 nitrogen and oxygen atoms in total. The number of aliphatic carboxylic acids is 1. The third-order valence-electron chi connectivity index (χ3n) is 5.36. The van der Waals surface area contributed by atoms with Gasteiger partial charge in [-0.2, -0.15) is 0 Å². The number of nitrogens with zero attached hydrogens (tertiary/aromatic N) is 2. The Kier molecular flexibility index (Phi) is 5.98. The number of carbonyl (C=O) groups is 3. The fourth-order valence-corrected chi connectivity index (χ4v) is 3.87. The van der Waals surface area contributed by atoms with Gasteiger partial charge < -0.3 is 14.9 Å². The summed E-state index contributed by atoms with van der Waals surface area (Å²) >= 11 is 0. The molecule has 0 unspecified atom stereocenters. The van der Waals surface area contributed by atoms with Crippen LogP contribution in [-0.2, 0) is 24.4 Å². The van der Waals surface area contributed by atoms with Crippen LogP contribution in [0.25, 0.3) is 0 Å². The molecule has 1 aliphatic heterocycles. The van der Waals surface area contributed by atoms with Crippen LogP contribution in [0.4, 0.5) is 4.39 Å². The number of carboxylic acid groups (broad SMARTS) is 1. The number of fused-ring (bicyclic) bond motifs is 1. The van der Waals surface area contributed by atoms with Gasteiger partial charge in [-0.25, -0.2) is 4.39 Å². The second-order valence-corrected chi connectivity index (χ2v) is 7.67. The summed E-state index contributed by atoms with van der Waals surface area (Å²) in [6.07, 6.45) is 0. The number of benzene rings is 3. The summed E-state index contributed by atoms with van der Waals surface area (Å²) < 4.78 is 13.2. The van der Waals surface area contributed by atoms with Crippen molar-refractivity contribution in [3.05, 3.63) is 106 Å². The first-order chi connectivity index (χ1) is 15.4. The number of carbonyl (C=O) groups excluding carboxylic acids is 2. The van der Waals surface area contributed by atoms with Crippen LogP contribution in [0.3, 0.4) is 0 Å². The number of hydrogen-bond donors (Lipinski definition) is 1. The van der Waals surface area contributed by atoms with Crippen molar-refractivity contribution >= 4 is 17.8 Å². The summed E-state index contributed by atoms with van der Waals surface area (Å²) in [6.45, 7) is 0.232. The van der Waals surface area contributed by atoms with Crippen molar-refractivity contribution in [1.82, 2.24) is 9.80 Å². The number of rotatable bonds is 7. The van der Waals surface area contributed by atoms with Crippen molar-refractivity contribution < 1.29 is 23.9 Å². The Morgan fingerprint density at radius 2 is 1.66 bits per heavy atom. The zero-order valence-electron chi connectivity index (χ0n) is 17.2. The lowest BCUT2D eigenvalue weighted by atomic mass is 10.0. The molecule has 0 atom stereocenters. The van der Waals surface area contributed by atoms with E-state index in [9.17, 15) is 23.9 Å². The first kappa shape index (κ1) is 21.2. The Hall–Kier alpha value is -4.00. The van der Waals surface area contributed by atoms with Crippen molar-refractivity contribution in [2.45, 2.75) is 19.6 Å². The van der Waals surface area contributed by atoms with Gasteiger partial charge in [0.25, 0.3) is 11.8 Å². The van der Waals surface area contributed by atoms with Crippen LogP contribution in [0.1, 0.15) is 37.4 Å². The van der Waals surface area contributed by atoms with Gasteiger partial charge in [0.15, 0.2) is 0 Å². The predicted octanol–water partition coefficient (Wildman–Crippen LogP) is 3.71. The molecule has 7 heteroatoms. The standard InChI is InChI=1S/C25H21FN2O4/c26-20-11-9-18(10-12-20)14-28(16-22(29)30)24(31)21-8-4-7-19-15-27(25(32)23(19)21)13-17-5-2-1-3-6-17/h1-12H,13-16H2,(H,29,30). The van der Waals surface area contributed by atoms with Gasteiger partial charge in [-0.3, -0.25) is 14.4 Å². The molecular weight excluding hydrogens is 411 g/mol. The van der Waals surface area contributed by atoms with Gasteiger partial charge in [0.2, 0.25) is 0 Å². The summed E-state index contributed by atoms with van der Waals surface area (Å²) in [5.74, 6) is -2.41. The van der Waals surface area contributed by atoms with Crippen LogP contribution in [0.15, 0.2) is 72.8 Å². The number of hydrogen-bond acceptors (Lipinski definition) is 3. The Bertz CT molecular complexity index is 1160. The van der Waals surface area contributed by atoms with Crippen molar-refractivity contribution in [3.8, 4) is 0 Å². The molecule has 0 spiro atoms. The van der Waals surface area contributed by atoms with Gasteiger partial charge in [-0.15, -0.1) is 0 Å². The highest BCUT2D eigenvalue weighted by Crippen LogP contribution is 2.28. The van der Waals surface area contributed by atoms with Crippen LogP contribution >= 0.6 is 0 Å². The maximum Gasteiger partial charge on any atom is 0.323 e. The zero-order valence-corrected chi connectivity index (χ0v) is 17.2. The van der Waals surface area contributed by atoms with E-state index in [1.807, 2.05) is 30.3 Å². The molecule has 3 aromatic carbocycles. The highest BCUT2D eigenvalue weighted by molar-refractivity contribution is 6.10. The van der Waals surface area contributed by atoms with E-state index in [1.165, 1.54) is 24.3 Å². The quantitative estimate of drug-likeness (QED) is 0.618. The van der Waals surface area contributed by atoms with E-state index < -0.39 is 24.2 Å². The van der Waals surface area contributed by atoms with Crippen molar-refractivity contribution in [1.29, 1.82) is 0 Å². The summed E-state index contributed by atoms with van der Waals surface area (Å²) in [7, 11) is 0. The van der Waals surface area contributed by atoms with Crippen molar-refractivity contribution in [2.75, 3.05) is 6.54 Å². The first-order valence-corrected chi connectivity index (χ1v) is 10.1. The van der Waals surface area contributed by atoms with E-state index in [2.05, 4.69) is 0 Å². The molecule has 0 bridgehead atoms.